The summed E-state index contributed by atoms with van der Waals surface area (Å²) in [6.45, 7) is 3.69. The van der Waals surface area contributed by atoms with Crippen LogP contribution in [0.15, 0.2) is 48.8 Å². The number of aryl methyl sites for hydroxylation is 1. The van der Waals surface area contributed by atoms with Gasteiger partial charge in [-0.3, -0.25) is 4.79 Å². The van der Waals surface area contributed by atoms with Crippen LogP contribution in [0.25, 0.3) is 5.69 Å². The number of benzene rings is 2. The number of ether oxygens (including phenoxy) is 1. The smallest absolute Gasteiger partial charge is 0.338 e. The number of carbonyl (C=O) groups excluding carboxylic acids is 2. The molecule has 2 aromatic carbocycles. The van der Waals surface area contributed by atoms with Crippen LogP contribution in [0, 0.1) is 5.92 Å². The number of rotatable bonds is 7. The third kappa shape index (κ3) is 5.42. The summed E-state index contributed by atoms with van der Waals surface area (Å²) in [4.78, 5) is 27.0. The number of nitrogens with zero attached hydrogens (tertiary/aromatic N) is 5. The minimum atomic E-state index is -0.190. The van der Waals surface area contributed by atoms with E-state index in [0.717, 1.165) is 74.0 Å². The maximum Gasteiger partial charge on any atom is 0.338 e. The number of tetrazole rings is 1. The molecule has 1 amide bonds. The van der Waals surface area contributed by atoms with E-state index in [-0.39, 0.29) is 18.0 Å². The van der Waals surface area contributed by atoms with E-state index in [1.54, 1.807) is 11.0 Å². The Morgan fingerprint density at radius 1 is 1.09 bits per heavy atom. The number of cyclic esters (lactones) is 1. The molecule has 1 saturated heterocycles. The van der Waals surface area contributed by atoms with Gasteiger partial charge in [-0.05, 0) is 83.3 Å². The lowest BCUT2D eigenvalue weighted by Crippen LogP contribution is -2.39. The molecule has 2 aliphatic heterocycles. The van der Waals surface area contributed by atoms with Gasteiger partial charge in [0, 0.05) is 19.5 Å². The molecule has 0 saturated carbocycles. The second-order valence-electron chi connectivity index (χ2n) is 9.59. The molecule has 5 rings (SSSR count). The topological polar surface area (TPSA) is 90.2 Å². The lowest BCUT2D eigenvalue weighted by molar-refractivity contribution is -0.131. The second-order valence-corrected chi connectivity index (χ2v) is 9.59. The molecule has 1 atom stereocenters. The van der Waals surface area contributed by atoms with Crippen molar-refractivity contribution in [3.8, 4) is 5.69 Å². The Hall–Kier alpha value is -3.55. The predicted octanol–water partition coefficient (Wildman–Crippen LogP) is 3.57. The Bertz CT molecular complexity index is 1170. The van der Waals surface area contributed by atoms with E-state index in [9.17, 15) is 9.59 Å². The fraction of sp³-hybridized carbons (Fsp3) is 0.444. The molecule has 0 bridgehead atoms. The number of hydrogen-bond donors (Lipinski definition) is 0. The minimum absolute atomic E-state index is 0.00366. The van der Waals surface area contributed by atoms with Crippen molar-refractivity contribution in [3.63, 3.8) is 0 Å². The van der Waals surface area contributed by atoms with Crippen LogP contribution in [0.3, 0.4) is 0 Å². The standard InChI is InChI=1S/C27H31N5O3/c1-2-24-17-22-15-20(7-10-25(22)27(34)35-24)4-3-19-11-13-31(14-12-19)26(33)16-21-5-8-23(9-6-21)32-18-28-29-30-32/h5-10,15,18-19,24H,2-4,11-14,16-17H2,1H3. The lowest BCUT2D eigenvalue weighted by Gasteiger charge is -2.32. The van der Waals surface area contributed by atoms with Gasteiger partial charge in [0.05, 0.1) is 17.7 Å². The molecule has 1 aromatic heterocycles. The van der Waals surface area contributed by atoms with Gasteiger partial charge in [-0.2, -0.15) is 0 Å². The zero-order chi connectivity index (χ0) is 24.2. The highest BCUT2D eigenvalue weighted by atomic mass is 16.5. The molecule has 1 unspecified atom stereocenters. The molecule has 2 aliphatic rings. The van der Waals surface area contributed by atoms with Crippen LogP contribution in [-0.4, -0.2) is 56.2 Å². The largest absolute Gasteiger partial charge is 0.458 e. The summed E-state index contributed by atoms with van der Waals surface area (Å²) in [6, 6.07) is 14.0. The first-order chi connectivity index (χ1) is 17.1. The normalized spacial score (nSPS) is 18.3. The average molecular weight is 474 g/mol. The van der Waals surface area contributed by atoms with E-state index in [2.05, 4.69) is 34.6 Å². The maximum atomic E-state index is 12.8. The Kier molecular flexibility index (Phi) is 6.88. The van der Waals surface area contributed by atoms with Gasteiger partial charge in [-0.25, -0.2) is 9.48 Å². The highest BCUT2D eigenvalue weighted by Gasteiger charge is 2.26. The number of hydrogen-bond acceptors (Lipinski definition) is 6. The van der Waals surface area contributed by atoms with Crippen LogP contribution < -0.4 is 0 Å². The number of piperidine rings is 1. The monoisotopic (exact) mass is 473 g/mol. The van der Waals surface area contributed by atoms with E-state index >= 15 is 0 Å². The quantitative estimate of drug-likeness (QED) is 0.488. The van der Waals surface area contributed by atoms with Gasteiger partial charge in [0.15, 0.2) is 0 Å². The number of esters is 1. The van der Waals surface area contributed by atoms with Crippen molar-refractivity contribution in [1.29, 1.82) is 0 Å². The van der Waals surface area contributed by atoms with Crippen LogP contribution in [-0.2, 0) is 28.8 Å². The summed E-state index contributed by atoms with van der Waals surface area (Å²) in [7, 11) is 0. The van der Waals surface area contributed by atoms with Gasteiger partial charge in [0.1, 0.15) is 12.4 Å². The molecular weight excluding hydrogens is 442 g/mol. The van der Waals surface area contributed by atoms with Crippen LogP contribution in [0.5, 0.6) is 0 Å². The number of aromatic nitrogens is 4. The van der Waals surface area contributed by atoms with E-state index in [1.165, 1.54) is 5.56 Å². The molecule has 35 heavy (non-hydrogen) atoms. The lowest BCUT2D eigenvalue weighted by atomic mass is 9.88. The van der Waals surface area contributed by atoms with Crippen LogP contribution in [0.2, 0.25) is 0 Å². The summed E-state index contributed by atoms with van der Waals surface area (Å²) >= 11 is 0. The first-order valence-electron chi connectivity index (χ1n) is 12.5. The molecule has 182 valence electrons. The fourth-order valence-corrected chi connectivity index (χ4v) is 5.07. The van der Waals surface area contributed by atoms with Crippen molar-refractivity contribution in [1.82, 2.24) is 25.1 Å². The number of likely N-dealkylation sites (tertiary alicyclic amines) is 1. The van der Waals surface area contributed by atoms with E-state index in [1.807, 2.05) is 35.2 Å². The molecule has 0 aliphatic carbocycles. The number of amides is 1. The molecule has 1 fully saturated rings. The third-order valence-electron chi connectivity index (χ3n) is 7.28. The van der Waals surface area contributed by atoms with Crippen LogP contribution in [0.4, 0.5) is 0 Å². The van der Waals surface area contributed by atoms with Gasteiger partial charge in [-0.15, -0.1) is 5.10 Å². The second kappa shape index (κ2) is 10.4. The first-order valence-corrected chi connectivity index (χ1v) is 12.5. The molecule has 0 spiro atoms. The third-order valence-corrected chi connectivity index (χ3v) is 7.28. The fourth-order valence-electron chi connectivity index (χ4n) is 5.07. The SMILES string of the molecule is CCC1Cc2cc(CCC3CCN(C(=O)Cc4ccc(-n5cnnn5)cc4)CC3)ccc2C(=O)O1. The van der Waals surface area contributed by atoms with Gasteiger partial charge in [0.25, 0.3) is 0 Å². The zero-order valence-electron chi connectivity index (χ0n) is 20.1. The van der Waals surface area contributed by atoms with E-state index in [4.69, 9.17) is 4.74 Å². The molecule has 3 aromatic rings. The highest BCUT2D eigenvalue weighted by molar-refractivity contribution is 5.92. The van der Waals surface area contributed by atoms with Crippen molar-refractivity contribution in [3.05, 3.63) is 71.0 Å². The number of fused-ring (bicyclic) bond motifs is 1. The Balaban J connectivity index is 1.09. The Labute approximate surface area is 205 Å². The maximum absolute atomic E-state index is 12.8. The van der Waals surface area contributed by atoms with E-state index < -0.39 is 0 Å². The molecule has 0 radical (unpaired) electrons. The number of carbonyl (C=O) groups is 2. The highest BCUT2D eigenvalue weighted by Crippen LogP contribution is 2.27. The molecule has 8 nitrogen and oxygen atoms in total. The van der Waals surface area contributed by atoms with Gasteiger partial charge in [0.2, 0.25) is 5.91 Å². The first kappa shape index (κ1) is 23.2. The van der Waals surface area contributed by atoms with Crippen LogP contribution >= 0.6 is 0 Å². The predicted molar refractivity (Wildman–Crippen MR) is 130 cm³/mol. The summed E-state index contributed by atoms with van der Waals surface area (Å²) in [6.07, 6.45) is 7.82. The van der Waals surface area contributed by atoms with Crippen molar-refractivity contribution < 1.29 is 14.3 Å². The minimum Gasteiger partial charge on any atom is -0.458 e. The Morgan fingerprint density at radius 2 is 1.86 bits per heavy atom. The molecule has 3 heterocycles. The summed E-state index contributed by atoms with van der Waals surface area (Å²) < 4.78 is 7.06. The summed E-state index contributed by atoms with van der Waals surface area (Å²) in [5.41, 5.74) is 5.00. The van der Waals surface area contributed by atoms with E-state index in [0.29, 0.717) is 12.3 Å². The van der Waals surface area contributed by atoms with Gasteiger partial charge < -0.3 is 9.64 Å². The van der Waals surface area contributed by atoms with Crippen LogP contribution in [0.1, 0.15) is 59.7 Å². The van der Waals surface area contributed by atoms with Crippen molar-refractivity contribution >= 4 is 11.9 Å². The summed E-state index contributed by atoms with van der Waals surface area (Å²) in [5.74, 6) is 0.620. The van der Waals surface area contributed by atoms with Gasteiger partial charge >= 0.3 is 5.97 Å². The van der Waals surface area contributed by atoms with Crippen molar-refractivity contribution in [2.24, 2.45) is 5.92 Å². The van der Waals surface area contributed by atoms with Crippen molar-refractivity contribution in [2.75, 3.05) is 13.1 Å². The zero-order valence-corrected chi connectivity index (χ0v) is 20.1. The van der Waals surface area contributed by atoms with Crippen molar-refractivity contribution in [2.45, 2.75) is 58.0 Å². The summed E-state index contributed by atoms with van der Waals surface area (Å²) in [5, 5.41) is 11.2. The Morgan fingerprint density at radius 3 is 2.57 bits per heavy atom. The molecule has 0 N–H and O–H groups in total. The average Bonchev–Trinajstić information content (AvgIpc) is 3.43. The molecular formula is C27H31N5O3. The van der Waals surface area contributed by atoms with Gasteiger partial charge in [-0.1, -0.05) is 31.2 Å². The molecule has 8 heteroatoms.